The van der Waals surface area contributed by atoms with Gasteiger partial charge in [-0.3, -0.25) is 5.32 Å². The first-order valence-electron chi connectivity index (χ1n) is 4.68. The molecule has 0 aliphatic carbocycles. The number of aromatic nitrogens is 1. The third kappa shape index (κ3) is 2.95. The molecule has 6 heteroatoms. The molecule has 0 spiro atoms. The Labute approximate surface area is 88.2 Å². The number of hydrogen-bond acceptors (Lipinski definition) is 5. The average Bonchev–Trinajstić information content (AvgIpc) is 2.54. The van der Waals surface area contributed by atoms with E-state index in [2.05, 4.69) is 15.5 Å². The van der Waals surface area contributed by atoms with Crippen LogP contribution in [0.25, 0.3) is 0 Å². The van der Waals surface area contributed by atoms with Crippen LogP contribution < -0.4 is 11.1 Å². The van der Waals surface area contributed by atoms with Gasteiger partial charge in [0.1, 0.15) is 5.76 Å². The molecule has 1 aromatic rings. The van der Waals surface area contributed by atoms with Crippen LogP contribution in [-0.4, -0.2) is 22.1 Å². The summed E-state index contributed by atoms with van der Waals surface area (Å²) in [6.45, 7) is 5.98. The molecule has 6 nitrogen and oxygen atoms in total. The predicted octanol–water partition coefficient (Wildman–Crippen LogP) is 0.516. The van der Waals surface area contributed by atoms with E-state index in [4.69, 9.17) is 15.4 Å². The Balaban J connectivity index is 2.50. The number of aryl methyl sites for hydroxylation is 2. The quantitative estimate of drug-likeness (QED) is 0.292. The Morgan fingerprint density at radius 3 is 2.80 bits per heavy atom. The Kier molecular flexibility index (Phi) is 3.68. The molecule has 4 N–H and O–H groups in total. The zero-order chi connectivity index (χ0) is 11.4. The van der Waals surface area contributed by atoms with Gasteiger partial charge in [-0.2, -0.15) is 0 Å². The molecule has 0 aliphatic heterocycles. The van der Waals surface area contributed by atoms with Gasteiger partial charge >= 0.3 is 0 Å². The summed E-state index contributed by atoms with van der Waals surface area (Å²) in [4.78, 5) is 4.19. The third-order valence-corrected chi connectivity index (χ3v) is 2.19. The van der Waals surface area contributed by atoms with Crippen LogP contribution >= 0.6 is 0 Å². The number of nitrogens with two attached hydrogens (primary N) is 1. The number of oxazole rings is 1. The smallest absolute Gasteiger partial charge is 0.208 e. The van der Waals surface area contributed by atoms with Crippen LogP contribution in [-0.2, 0) is 6.54 Å². The first-order chi connectivity index (χ1) is 7.04. The summed E-state index contributed by atoms with van der Waals surface area (Å²) in [5, 5.41) is 14.4. The van der Waals surface area contributed by atoms with Crippen molar-refractivity contribution in [3.05, 3.63) is 17.3 Å². The fraction of sp³-hybridized carbons (Fsp3) is 0.556. The number of nitrogens with one attached hydrogen (secondary N) is 1. The lowest BCUT2D eigenvalue weighted by Gasteiger charge is -2.09. The van der Waals surface area contributed by atoms with E-state index in [1.807, 2.05) is 13.8 Å². The highest BCUT2D eigenvalue weighted by molar-refractivity contribution is 5.84. The van der Waals surface area contributed by atoms with Gasteiger partial charge in [-0.15, -0.1) is 0 Å². The van der Waals surface area contributed by atoms with Crippen molar-refractivity contribution < 1.29 is 9.62 Å². The molecular formula is C9H16N4O2. The fourth-order valence-electron chi connectivity index (χ4n) is 1.05. The van der Waals surface area contributed by atoms with Gasteiger partial charge in [-0.1, -0.05) is 5.16 Å². The average molecular weight is 212 g/mol. The zero-order valence-corrected chi connectivity index (χ0v) is 9.11. The molecule has 1 aromatic heterocycles. The monoisotopic (exact) mass is 212 g/mol. The van der Waals surface area contributed by atoms with Crippen LogP contribution in [0.1, 0.15) is 24.3 Å². The summed E-state index contributed by atoms with van der Waals surface area (Å²) in [5.41, 5.74) is 6.28. The molecule has 0 aromatic carbocycles. The highest BCUT2D eigenvalue weighted by atomic mass is 16.4. The Morgan fingerprint density at radius 1 is 1.67 bits per heavy atom. The van der Waals surface area contributed by atoms with Crippen LogP contribution in [0.3, 0.4) is 0 Å². The number of rotatable bonds is 4. The maximum Gasteiger partial charge on any atom is 0.208 e. The van der Waals surface area contributed by atoms with Gasteiger partial charge in [0.2, 0.25) is 5.89 Å². The summed E-state index contributed by atoms with van der Waals surface area (Å²) in [7, 11) is 0. The molecule has 1 atom stereocenters. The van der Waals surface area contributed by atoms with Crippen molar-refractivity contribution in [3.63, 3.8) is 0 Å². The molecule has 0 radical (unpaired) electrons. The Morgan fingerprint density at radius 2 is 2.33 bits per heavy atom. The van der Waals surface area contributed by atoms with Crippen molar-refractivity contribution in [2.45, 2.75) is 33.4 Å². The molecule has 0 aliphatic rings. The molecular weight excluding hydrogens is 196 g/mol. The van der Waals surface area contributed by atoms with Crippen LogP contribution in [0.2, 0.25) is 0 Å². The largest absolute Gasteiger partial charge is 0.444 e. The molecule has 1 rings (SSSR count). The van der Waals surface area contributed by atoms with Gasteiger partial charge in [0.15, 0.2) is 5.84 Å². The third-order valence-electron chi connectivity index (χ3n) is 2.19. The second-order valence-corrected chi connectivity index (χ2v) is 3.38. The van der Waals surface area contributed by atoms with E-state index in [-0.39, 0.29) is 11.9 Å². The van der Waals surface area contributed by atoms with Crippen molar-refractivity contribution in [1.29, 1.82) is 0 Å². The van der Waals surface area contributed by atoms with Crippen molar-refractivity contribution >= 4 is 5.84 Å². The van der Waals surface area contributed by atoms with E-state index >= 15 is 0 Å². The number of hydrogen-bond donors (Lipinski definition) is 3. The molecule has 84 valence electrons. The summed E-state index contributed by atoms with van der Waals surface area (Å²) in [5.74, 6) is 1.54. The predicted molar refractivity (Wildman–Crippen MR) is 55.7 cm³/mol. The van der Waals surface area contributed by atoms with E-state index in [9.17, 15) is 0 Å². The molecule has 0 saturated carbocycles. The van der Waals surface area contributed by atoms with Gasteiger partial charge < -0.3 is 15.4 Å². The zero-order valence-electron chi connectivity index (χ0n) is 9.11. The van der Waals surface area contributed by atoms with E-state index in [0.717, 1.165) is 11.5 Å². The van der Waals surface area contributed by atoms with Crippen LogP contribution in [0.4, 0.5) is 0 Å². The molecule has 0 amide bonds. The Hall–Kier alpha value is -1.56. The van der Waals surface area contributed by atoms with Gasteiger partial charge in [-0.05, 0) is 20.8 Å². The second-order valence-electron chi connectivity index (χ2n) is 3.38. The minimum absolute atomic E-state index is 0.134. The normalized spacial score (nSPS) is 14.2. The summed E-state index contributed by atoms with van der Waals surface area (Å²) in [6.07, 6.45) is 0. The SMILES string of the molecule is Cc1nc(CNC(C)C(N)=NO)oc1C. The van der Waals surface area contributed by atoms with Gasteiger partial charge in [0.25, 0.3) is 0 Å². The number of amidine groups is 1. The topological polar surface area (TPSA) is 96.7 Å². The van der Waals surface area contributed by atoms with Gasteiger partial charge in [0.05, 0.1) is 18.3 Å². The van der Waals surface area contributed by atoms with Gasteiger partial charge in [0, 0.05) is 0 Å². The highest BCUT2D eigenvalue weighted by Crippen LogP contribution is 2.07. The van der Waals surface area contributed by atoms with E-state index in [1.54, 1.807) is 6.92 Å². The van der Waals surface area contributed by atoms with Gasteiger partial charge in [-0.25, -0.2) is 4.98 Å². The molecule has 0 bridgehead atoms. The second kappa shape index (κ2) is 4.79. The minimum Gasteiger partial charge on any atom is -0.444 e. The highest BCUT2D eigenvalue weighted by Gasteiger charge is 2.09. The molecule has 1 unspecified atom stereocenters. The molecule has 0 saturated heterocycles. The standard InChI is InChI=1S/C9H16N4O2/c1-5-7(3)15-8(12-5)4-11-6(2)9(10)13-14/h6,11,14H,4H2,1-3H3,(H2,10,13). The van der Waals surface area contributed by atoms with Crippen molar-refractivity contribution in [1.82, 2.24) is 10.3 Å². The van der Waals surface area contributed by atoms with Crippen molar-refractivity contribution in [2.75, 3.05) is 0 Å². The van der Waals surface area contributed by atoms with E-state index in [0.29, 0.717) is 12.4 Å². The fourth-order valence-corrected chi connectivity index (χ4v) is 1.05. The minimum atomic E-state index is -0.220. The summed E-state index contributed by atoms with van der Waals surface area (Å²) < 4.78 is 5.36. The maximum absolute atomic E-state index is 8.43. The van der Waals surface area contributed by atoms with Crippen LogP contribution in [0.5, 0.6) is 0 Å². The van der Waals surface area contributed by atoms with Crippen molar-refractivity contribution in [3.8, 4) is 0 Å². The lowest BCUT2D eigenvalue weighted by Crippen LogP contribution is -2.38. The first-order valence-corrected chi connectivity index (χ1v) is 4.68. The molecule has 0 fully saturated rings. The van der Waals surface area contributed by atoms with E-state index < -0.39 is 0 Å². The lowest BCUT2D eigenvalue weighted by atomic mass is 10.3. The van der Waals surface area contributed by atoms with E-state index in [1.165, 1.54) is 0 Å². The summed E-state index contributed by atoms with van der Waals surface area (Å²) >= 11 is 0. The lowest BCUT2D eigenvalue weighted by molar-refractivity contribution is 0.314. The van der Waals surface area contributed by atoms with Crippen LogP contribution in [0.15, 0.2) is 9.57 Å². The number of nitrogens with zero attached hydrogens (tertiary/aromatic N) is 2. The molecule has 1 heterocycles. The molecule has 15 heavy (non-hydrogen) atoms. The summed E-state index contributed by atoms with van der Waals surface area (Å²) in [6, 6.07) is -0.220. The maximum atomic E-state index is 8.43. The number of oxime groups is 1. The van der Waals surface area contributed by atoms with Crippen molar-refractivity contribution in [2.24, 2.45) is 10.9 Å². The first kappa shape index (κ1) is 11.5. The Bertz CT molecular complexity index is 339. The van der Waals surface area contributed by atoms with Crippen LogP contribution in [0, 0.1) is 13.8 Å².